The van der Waals surface area contributed by atoms with Crippen LogP contribution < -0.4 is 9.47 Å². The van der Waals surface area contributed by atoms with Crippen molar-refractivity contribution in [1.29, 1.82) is 0 Å². The van der Waals surface area contributed by atoms with Gasteiger partial charge in [-0.3, -0.25) is 4.79 Å². The standard InChI is InChI=1S/C24H26N4O3/c1-15-6-8-19-12-21(15)16(2)7-9-20-18(4)27-28(14-17(3)29)24(20)31-11-5-10-30-23-22(19)13-25-26-23/h6-9,12-13H,2,5,10-11,14H2,1,3-4H3,(H,25,26)/b9-7+. The molecule has 3 aromatic rings. The van der Waals surface area contributed by atoms with Crippen LogP contribution in [0.5, 0.6) is 11.8 Å². The summed E-state index contributed by atoms with van der Waals surface area (Å²) in [5.74, 6) is 1.23. The number of hydrogen-bond donors (Lipinski definition) is 1. The summed E-state index contributed by atoms with van der Waals surface area (Å²) < 4.78 is 13.6. The van der Waals surface area contributed by atoms with Gasteiger partial charge < -0.3 is 9.47 Å². The normalized spacial score (nSPS) is 15.0. The first-order chi connectivity index (χ1) is 14.9. The Morgan fingerprint density at radius 3 is 2.81 bits per heavy atom. The number of nitrogens with zero attached hydrogens (tertiary/aromatic N) is 3. The molecule has 1 aromatic carbocycles. The minimum Gasteiger partial charge on any atom is -0.477 e. The van der Waals surface area contributed by atoms with Crippen molar-refractivity contribution in [1.82, 2.24) is 20.0 Å². The summed E-state index contributed by atoms with van der Waals surface area (Å²) in [7, 11) is 0. The van der Waals surface area contributed by atoms with Gasteiger partial charge in [-0.2, -0.15) is 10.2 Å². The lowest BCUT2D eigenvalue weighted by molar-refractivity contribution is -0.117. The van der Waals surface area contributed by atoms with Gasteiger partial charge in [0.1, 0.15) is 6.54 Å². The third-order valence-corrected chi connectivity index (χ3v) is 5.22. The number of Topliss-reactive ketones (excluding diaryl/α,β-unsaturated/α-hetero) is 1. The van der Waals surface area contributed by atoms with Crippen LogP contribution in [0, 0.1) is 13.8 Å². The number of hydrogen-bond acceptors (Lipinski definition) is 5. The summed E-state index contributed by atoms with van der Waals surface area (Å²) in [5, 5.41) is 11.6. The largest absolute Gasteiger partial charge is 0.477 e. The van der Waals surface area contributed by atoms with Gasteiger partial charge in [0, 0.05) is 6.42 Å². The van der Waals surface area contributed by atoms with Crippen LogP contribution in [-0.4, -0.2) is 39.0 Å². The molecule has 2 aromatic heterocycles. The third kappa shape index (κ3) is 4.30. The van der Waals surface area contributed by atoms with Gasteiger partial charge in [0.25, 0.3) is 0 Å². The van der Waals surface area contributed by atoms with Crippen LogP contribution in [0.25, 0.3) is 22.8 Å². The number of rotatable bonds is 2. The first-order valence-corrected chi connectivity index (χ1v) is 10.3. The summed E-state index contributed by atoms with van der Waals surface area (Å²) in [6.45, 7) is 10.8. The van der Waals surface area contributed by atoms with Crippen molar-refractivity contribution >= 4 is 17.4 Å². The molecule has 31 heavy (non-hydrogen) atoms. The van der Waals surface area contributed by atoms with Gasteiger partial charge in [0.15, 0.2) is 5.78 Å². The molecule has 0 saturated heterocycles. The summed E-state index contributed by atoms with van der Waals surface area (Å²) >= 11 is 0. The van der Waals surface area contributed by atoms with Crippen LogP contribution in [0.1, 0.15) is 35.7 Å². The number of H-pyrrole nitrogens is 1. The van der Waals surface area contributed by atoms with Crippen LogP contribution in [-0.2, 0) is 11.3 Å². The number of ether oxygens (including phenoxy) is 2. The summed E-state index contributed by atoms with van der Waals surface area (Å²) in [6, 6.07) is 6.23. The fourth-order valence-electron chi connectivity index (χ4n) is 3.64. The van der Waals surface area contributed by atoms with Crippen molar-refractivity contribution in [2.24, 2.45) is 0 Å². The zero-order valence-electron chi connectivity index (χ0n) is 18.1. The Morgan fingerprint density at radius 2 is 2.00 bits per heavy atom. The molecule has 0 radical (unpaired) electrons. The molecule has 1 N–H and O–H groups in total. The molecular weight excluding hydrogens is 392 g/mol. The molecule has 0 atom stereocenters. The highest BCUT2D eigenvalue weighted by atomic mass is 16.5. The number of benzene rings is 1. The second-order valence-corrected chi connectivity index (χ2v) is 7.72. The molecule has 0 aliphatic carbocycles. The van der Waals surface area contributed by atoms with Crippen LogP contribution in [0.3, 0.4) is 0 Å². The fraction of sp³-hybridized carbons (Fsp3) is 0.292. The SMILES string of the molecule is C=C1/C=C/c2c(C)nn(CC(C)=O)c2OCCCOc2[nH]ncc2-c2ccc(C)c1c2. The molecule has 2 bridgehead atoms. The lowest BCUT2D eigenvalue weighted by Gasteiger charge is -2.10. The number of nitrogens with one attached hydrogen (secondary N) is 1. The third-order valence-electron chi connectivity index (χ3n) is 5.22. The van der Waals surface area contributed by atoms with Gasteiger partial charge in [-0.1, -0.05) is 24.8 Å². The smallest absolute Gasteiger partial charge is 0.219 e. The van der Waals surface area contributed by atoms with Crippen molar-refractivity contribution in [2.75, 3.05) is 13.2 Å². The molecule has 0 unspecified atom stereocenters. The van der Waals surface area contributed by atoms with Gasteiger partial charge in [0.05, 0.1) is 36.2 Å². The van der Waals surface area contributed by atoms with Crippen molar-refractivity contribution in [2.45, 2.75) is 33.7 Å². The zero-order valence-corrected chi connectivity index (χ0v) is 18.1. The molecule has 4 rings (SSSR count). The topological polar surface area (TPSA) is 82.0 Å². The van der Waals surface area contributed by atoms with Crippen molar-refractivity contribution in [3.05, 3.63) is 59.4 Å². The predicted molar refractivity (Wildman–Crippen MR) is 120 cm³/mol. The van der Waals surface area contributed by atoms with E-state index in [4.69, 9.17) is 9.47 Å². The van der Waals surface area contributed by atoms with Gasteiger partial charge in [-0.15, -0.1) is 0 Å². The maximum atomic E-state index is 11.7. The van der Waals surface area contributed by atoms with E-state index in [2.05, 4.69) is 47.0 Å². The van der Waals surface area contributed by atoms with E-state index in [9.17, 15) is 4.79 Å². The van der Waals surface area contributed by atoms with Crippen molar-refractivity contribution in [3.8, 4) is 22.9 Å². The highest BCUT2D eigenvalue weighted by Crippen LogP contribution is 2.32. The number of aromatic nitrogens is 4. The average molecular weight is 418 g/mol. The molecule has 7 heteroatoms. The number of ketones is 1. The zero-order chi connectivity index (χ0) is 22.0. The Hall–Kier alpha value is -3.61. The van der Waals surface area contributed by atoms with E-state index < -0.39 is 0 Å². The number of carbonyl (C=O) groups is 1. The minimum atomic E-state index is 0.0146. The van der Waals surface area contributed by atoms with Gasteiger partial charge in [0.2, 0.25) is 11.8 Å². The fourth-order valence-corrected chi connectivity index (χ4v) is 3.64. The van der Waals surface area contributed by atoms with E-state index in [1.54, 1.807) is 17.8 Å². The molecule has 0 saturated carbocycles. The number of aryl methyl sites for hydroxylation is 2. The van der Waals surface area contributed by atoms with Crippen LogP contribution >= 0.6 is 0 Å². The molecule has 0 amide bonds. The van der Waals surface area contributed by atoms with E-state index in [0.29, 0.717) is 31.4 Å². The van der Waals surface area contributed by atoms with Gasteiger partial charge >= 0.3 is 0 Å². The lowest BCUT2D eigenvalue weighted by Crippen LogP contribution is -2.13. The maximum Gasteiger partial charge on any atom is 0.219 e. The van der Waals surface area contributed by atoms with Crippen molar-refractivity contribution in [3.63, 3.8) is 0 Å². The van der Waals surface area contributed by atoms with E-state index in [1.165, 1.54) is 0 Å². The Bertz CT molecular complexity index is 1170. The average Bonchev–Trinajstić information content (AvgIpc) is 3.30. The number of carbonyl (C=O) groups excluding carboxylic acids is 1. The summed E-state index contributed by atoms with van der Waals surface area (Å²) in [4.78, 5) is 11.7. The maximum absolute atomic E-state index is 11.7. The number of aromatic amines is 1. The highest BCUT2D eigenvalue weighted by molar-refractivity contribution is 5.83. The van der Waals surface area contributed by atoms with Crippen LogP contribution in [0.4, 0.5) is 0 Å². The second-order valence-electron chi connectivity index (χ2n) is 7.72. The monoisotopic (exact) mass is 418 g/mol. The Kier molecular flexibility index (Phi) is 5.75. The van der Waals surface area contributed by atoms with E-state index >= 15 is 0 Å². The molecule has 0 spiro atoms. The minimum absolute atomic E-state index is 0.0146. The van der Waals surface area contributed by atoms with Gasteiger partial charge in [-0.25, -0.2) is 9.78 Å². The molecule has 160 valence electrons. The number of fused-ring (bicyclic) bond motifs is 5. The Balaban J connectivity index is 1.78. The highest BCUT2D eigenvalue weighted by Gasteiger charge is 2.17. The Labute approximate surface area is 181 Å². The molecule has 3 heterocycles. The summed E-state index contributed by atoms with van der Waals surface area (Å²) in [5.41, 5.74) is 6.58. The lowest BCUT2D eigenvalue weighted by atomic mass is 9.96. The molecule has 7 nitrogen and oxygen atoms in total. The summed E-state index contributed by atoms with van der Waals surface area (Å²) in [6.07, 6.45) is 6.36. The Morgan fingerprint density at radius 1 is 1.19 bits per heavy atom. The van der Waals surface area contributed by atoms with Crippen LogP contribution in [0.15, 0.2) is 37.1 Å². The quantitative estimate of drug-likeness (QED) is 0.668. The van der Waals surface area contributed by atoms with Crippen molar-refractivity contribution < 1.29 is 14.3 Å². The molecule has 1 aliphatic rings. The van der Waals surface area contributed by atoms with E-state index in [1.807, 2.05) is 19.1 Å². The van der Waals surface area contributed by atoms with E-state index in [-0.39, 0.29) is 12.3 Å². The van der Waals surface area contributed by atoms with Gasteiger partial charge in [-0.05, 0) is 55.2 Å². The number of allylic oxidation sites excluding steroid dienone is 2. The second kappa shape index (κ2) is 8.63. The van der Waals surface area contributed by atoms with E-state index in [0.717, 1.165) is 39.1 Å². The first kappa shape index (κ1) is 20.7. The molecular formula is C24H26N4O3. The van der Waals surface area contributed by atoms with Crippen LogP contribution in [0.2, 0.25) is 0 Å². The molecule has 1 aliphatic heterocycles. The first-order valence-electron chi connectivity index (χ1n) is 10.3. The molecule has 0 fully saturated rings. The predicted octanol–water partition coefficient (Wildman–Crippen LogP) is 4.37.